The number of rotatable bonds is 8. The molecule has 0 radical (unpaired) electrons. The van der Waals surface area contributed by atoms with E-state index in [2.05, 4.69) is 26.3 Å². The van der Waals surface area contributed by atoms with Crippen molar-refractivity contribution in [2.75, 3.05) is 19.4 Å². The summed E-state index contributed by atoms with van der Waals surface area (Å²) in [4.78, 5) is 22.7. The number of amides is 1. The number of ether oxygens (including phenoxy) is 1. The van der Waals surface area contributed by atoms with Crippen molar-refractivity contribution in [3.8, 4) is 11.5 Å². The largest absolute Gasteiger partial charge is 0.469 e. The Labute approximate surface area is 150 Å². The molecule has 0 fully saturated rings. The average Bonchev–Trinajstić information content (AvgIpc) is 3.05. The van der Waals surface area contributed by atoms with Gasteiger partial charge < -0.3 is 14.5 Å². The summed E-state index contributed by atoms with van der Waals surface area (Å²) in [7, 11) is 1.34. The van der Waals surface area contributed by atoms with E-state index in [4.69, 9.17) is 4.42 Å². The molecule has 0 aliphatic rings. The molecule has 0 aliphatic carbocycles. The van der Waals surface area contributed by atoms with Crippen LogP contribution in [-0.2, 0) is 14.3 Å². The van der Waals surface area contributed by atoms with Crippen LogP contribution in [0.25, 0.3) is 11.5 Å². The van der Waals surface area contributed by atoms with Crippen LogP contribution in [0.1, 0.15) is 24.0 Å². The van der Waals surface area contributed by atoms with Gasteiger partial charge in [-0.2, -0.15) is 0 Å². The summed E-state index contributed by atoms with van der Waals surface area (Å²) in [5.41, 5.74) is 3.10. The van der Waals surface area contributed by atoms with E-state index in [0.29, 0.717) is 24.1 Å². The molecule has 1 aromatic carbocycles. The first-order chi connectivity index (χ1) is 12.0. The second-order valence-corrected chi connectivity index (χ2v) is 6.49. The predicted octanol–water partition coefficient (Wildman–Crippen LogP) is 2.51. The lowest BCUT2D eigenvalue weighted by Gasteiger charge is -2.03. The van der Waals surface area contributed by atoms with Gasteiger partial charge in [-0.25, -0.2) is 0 Å². The van der Waals surface area contributed by atoms with Gasteiger partial charge in [0, 0.05) is 18.5 Å². The zero-order chi connectivity index (χ0) is 18.2. The summed E-state index contributed by atoms with van der Waals surface area (Å²) >= 11 is 1.18. The van der Waals surface area contributed by atoms with Crippen molar-refractivity contribution in [1.82, 2.24) is 15.5 Å². The van der Waals surface area contributed by atoms with Crippen molar-refractivity contribution in [3.05, 3.63) is 29.3 Å². The first kappa shape index (κ1) is 19.0. The molecule has 134 valence electrons. The van der Waals surface area contributed by atoms with Crippen LogP contribution in [0.3, 0.4) is 0 Å². The topological polar surface area (TPSA) is 94.3 Å². The normalized spacial score (nSPS) is 10.5. The van der Waals surface area contributed by atoms with Crippen molar-refractivity contribution in [2.24, 2.45) is 0 Å². The van der Waals surface area contributed by atoms with Gasteiger partial charge in [-0.3, -0.25) is 9.59 Å². The monoisotopic (exact) mass is 363 g/mol. The molecule has 1 aromatic heterocycles. The van der Waals surface area contributed by atoms with E-state index < -0.39 is 0 Å². The summed E-state index contributed by atoms with van der Waals surface area (Å²) in [6, 6.07) is 6.02. The molecule has 0 unspecified atom stereocenters. The van der Waals surface area contributed by atoms with Gasteiger partial charge in [0.15, 0.2) is 0 Å². The quantitative estimate of drug-likeness (QED) is 0.437. The molecule has 7 nitrogen and oxygen atoms in total. The Balaban J connectivity index is 1.79. The molecule has 0 bridgehead atoms. The van der Waals surface area contributed by atoms with Gasteiger partial charge in [0.25, 0.3) is 5.22 Å². The Morgan fingerprint density at radius 2 is 1.92 bits per heavy atom. The lowest BCUT2D eigenvalue weighted by atomic mass is 10.1. The Hall–Kier alpha value is -2.35. The lowest BCUT2D eigenvalue weighted by molar-refractivity contribution is -0.140. The van der Waals surface area contributed by atoms with Gasteiger partial charge in [-0.1, -0.05) is 29.0 Å². The first-order valence-corrected chi connectivity index (χ1v) is 8.85. The highest BCUT2D eigenvalue weighted by Gasteiger charge is 2.12. The highest BCUT2D eigenvalue weighted by atomic mass is 32.2. The van der Waals surface area contributed by atoms with Crippen LogP contribution < -0.4 is 5.32 Å². The van der Waals surface area contributed by atoms with Crippen molar-refractivity contribution < 1.29 is 18.7 Å². The number of hydrogen-bond donors (Lipinski definition) is 1. The fourth-order valence-electron chi connectivity index (χ4n) is 2.22. The maximum Gasteiger partial charge on any atom is 0.305 e. The number of carbonyl (C=O) groups is 2. The van der Waals surface area contributed by atoms with E-state index in [1.54, 1.807) is 0 Å². The second-order valence-electron chi connectivity index (χ2n) is 5.57. The molecule has 0 atom stereocenters. The van der Waals surface area contributed by atoms with Gasteiger partial charge in [-0.15, -0.1) is 10.2 Å². The maximum atomic E-state index is 11.8. The molecule has 25 heavy (non-hydrogen) atoms. The molecular formula is C17H21N3O4S. The number of esters is 1. The third-order valence-corrected chi connectivity index (χ3v) is 4.13. The minimum atomic E-state index is -0.284. The van der Waals surface area contributed by atoms with Gasteiger partial charge in [0.2, 0.25) is 11.8 Å². The van der Waals surface area contributed by atoms with Crippen LogP contribution in [0.2, 0.25) is 0 Å². The van der Waals surface area contributed by atoms with Crippen molar-refractivity contribution in [3.63, 3.8) is 0 Å². The number of nitrogens with one attached hydrogen (secondary N) is 1. The van der Waals surface area contributed by atoms with E-state index >= 15 is 0 Å². The Morgan fingerprint density at radius 1 is 1.20 bits per heavy atom. The summed E-state index contributed by atoms with van der Waals surface area (Å²) in [5, 5.41) is 11.1. The van der Waals surface area contributed by atoms with Crippen LogP contribution >= 0.6 is 11.8 Å². The highest BCUT2D eigenvalue weighted by molar-refractivity contribution is 7.99. The SMILES string of the molecule is COC(=O)CCCNC(=O)CSc1nnc(-c2cc(C)cc(C)c2)o1. The van der Waals surface area contributed by atoms with Crippen molar-refractivity contribution in [1.29, 1.82) is 0 Å². The smallest absolute Gasteiger partial charge is 0.305 e. The van der Waals surface area contributed by atoms with Gasteiger partial charge >= 0.3 is 5.97 Å². The molecule has 0 saturated carbocycles. The Bertz CT molecular complexity index is 725. The van der Waals surface area contributed by atoms with E-state index in [-0.39, 0.29) is 24.1 Å². The number of hydrogen-bond acceptors (Lipinski definition) is 7. The number of aromatic nitrogens is 2. The van der Waals surface area contributed by atoms with Crippen molar-refractivity contribution >= 4 is 23.6 Å². The van der Waals surface area contributed by atoms with Crippen LogP contribution in [0, 0.1) is 13.8 Å². The lowest BCUT2D eigenvalue weighted by Crippen LogP contribution is -2.26. The molecule has 0 aliphatic heterocycles. The third kappa shape index (κ3) is 6.22. The minimum Gasteiger partial charge on any atom is -0.469 e. The zero-order valence-electron chi connectivity index (χ0n) is 14.5. The molecule has 1 amide bonds. The molecule has 1 N–H and O–H groups in total. The Kier molecular flexibility index (Phi) is 7.00. The van der Waals surface area contributed by atoms with Crippen LogP contribution in [0.15, 0.2) is 27.8 Å². The van der Waals surface area contributed by atoms with Crippen LogP contribution in [0.5, 0.6) is 0 Å². The number of benzene rings is 1. The average molecular weight is 363 g/mol. The zero-order valence-corrected chi connectivity index (χ0v) is 15.3. The number of methoxy groups -OCH3 is 1. The number of thioether (sulfide) groups is 1. The van der Waals surface area contributed by atoms with E-state index in [9.17, 15) is 9.59 Å². The van der Waals surface area contributed by atoms with Gasteiger partial charge in [0.1, 0.15) is 0 Å². The van der Waals surface area contributed by atoms with Crippen molar-refractivity contribution in [2.45, 2.75) is 31.9 Å². The summed E-state index contributed by atoms with van der Waals surface area (Å²) < 4.78 is 10.1. The minimum absolute atomic E-state index is 0.152. The van der Waals surface area contributed by atoms with Gasteiger partial charge in [-0.05, 0) is 32.4 Å². The maximum absolute atomic E-state index is 11.8. The Morgan fingerprint density at radius 3 is 2.60 bits per heavy atom. The highest BCUT2D eigenvalue weighted by Crippen LogP contribution is 2.24. The molecule has 1 heterocycles. The molecule has 0 saturated heterocycles. The molecular weight excluding hydrogens is 342 g/mol. The predicted molar refractivity (Wildman–Crippen MR) is 94.2 cm³/mol. The van der Waals surface area contributed by atoms with E-state index in [1.165, 1.54) is 18.9 Å². The summed E-state index contributed by atoms with van der Waals surface area (Å²) in [5.74, 6) is 0.175. The number of carbonyl (C=O) groups excluding carboxylic acids is 2. The summed E-state index contributed by atoms with van der Waals surface area (Å²) in [6.45, 7) is 4.44. The molecule has 8 heteroatoms. The van der Waals surface area contributed by atoms with E-state index in [0.717, 1.165) is 16.7 Å². The molecule has 2 aromatic rings. The van der Waals surface area contributed by atoms with Crippen LogP contribution in [0.4, 0.5) is 0 Å². The van der Waals surface area contributed by atoms with Crippen LogP contribution in [-0.4, -0.2) is 41.5 Å². The van der Waals surface area contributed by atoms with Gasteiger partial charge in [0.05, 0.1) is 12.9 Å². The van der Waals surface area contributed by atoms with E-state index in [1.807, 2.05) is 26.0 Å². The standard InChI is InChI=1S/C17H21N3O4S/c1-11-7-12(2)9-13(8-11)16-19-20-17(24-16)25-10-14(21)18-6-4-5-15(22)23-3/h7-9H,4-6,10H2,1-3H3,(H,18,21). The molecule has 2 rings (SSSR count). The summed E-state index contributed by atoms with van der Waals surface area (Å²) in [6.07, 6.45) is 0.827. The fourth-order valence-corrected chi connectivity index (χ4v) is 2.82. The number of nitrogens with zero attached hydrogens (tertiary/aromatic N) is 2. The molecule has 0 spiro atoms. The fraction of sp³-hybridized carbons (Fsp3) is 0.412. The third-order valence-electron chi connectivity index (χ3n) is 3.31. The first-order valence-electron chi connectivity index (χ1n) is 7.86. The number of aryl methyl sites for hydroxylation is 2. The second kappa shape index (κ2) is 9.22.